The Morgan fingerprint density at radius 2 is 1.85 bits per heavy atom. The van der Waals surface area contributed by atoms with Gasteiger partial charge in [0, 0.05) is 37.0 Å². The minimum Gasteiger partial charge on any atom is -0.481 e. The zero-order valence-corrected chi connectivity index (χ0v) is 15.4. The highest BCUT2D eigenvalue weighted by atomic mass is 19.1. The van der Waals surface area contributed by atoms with Crippen molar-refractivity contribution in [1.82, 2.24) is 10.2 Å². The number of nitrogens with one attached hydrogen (secondary N) is 1. The maximum absolute atomic E-state index is 13.8. The Morgan fingerprint density at radius 1 is 1.22 bits per heavy atom. The van der Waals surface area contributed by atoms with Crippen molar-refractivity contribution in [3.63, 3.8) is 0 Å². The third kappa shape index (κ3) is 5.74. The second-order valence-electron chi connectivity index (χ2n) is 7.46. The van der Waals surface area contributed by atoms with Gasteiger partial charge in [0.2, 0.25) is 5.91 Å². The number of carbonyl (C=O) groups is 3. The number of piperidine rings is 1. The highest BCUT2D eigenvalue weighted by Crippen LogP contribution is 2.22. The Kier molecular flexibility index (Phi) is 6.51. The first-order valence-electron chi connectivity index (χ1n) is 8.87. The van der Waals surface area contributed by atoms with Crippen molar-refractivity contribution in [1.29, 1.82) is 0 Å². The summed E-state index contributed by atoms with van der Waals surface area (Å²) in [6.45, 7) is 4.13. The van der Waals surface area contributed by atoms with Crippen LogP contribution in [-0.2, 0) is 9.59 Å². The monoisotopic (exact) mass is 382 g/mol. The number of carboxylic acid groups (broad SMARTS) is 1. The second kappa shape index (κ2) is 8.45. The number of hydrogen-bond donors (Lipinski definition) is 2. The summed E-state index contributed by atoms with van der Waals surface area (Å²) >= 11 is 0. The Labute approximate surface area is 156 Å². The van der Waals surface area contributed by atoms with E-state index in [1.165, 1.54) is 4.90 Å². The number of rotatable bonds is 6. The number of hydrogen-bond acceptors (Lipinski definition) is 3. The van der Waals surface area contributed by atoms with Crippen molar-refractivity contribution >= 4 is 17.8 Å². The summed E-state index contributed by atoms with van der Waals surface area (Å²) in [5.74, 6) is -3.56. The summed E-state index contributed by atoms with van der Waals surface area (Å²) < 4.78 is 26.8. The fraction of sp³-hybridized carbons (Fsp3) is 0.526. The zero-order chi connectivity index (χ0) is 20.2. The standard InChI is InChI=1S/C19H24F2N2O4/c1-19(2,8-5-16(24)25)22-17(26)12-6-9-23(10-7-12)18(27)14-4-3-13(20)11-15(14)21/h3-4,11-12H,5-10H2,1-2H3,(H,22,26)(H,24,25). The molecule has 2 amide bonds. The molecular formula is C19H24F2N2O4. The minimum absolute atomic E-state index is 0.0382. The van der Waals surface area contributed by atoms with Crippen LogP contribution in [-0.4, -0.2) is 46.4 Å². The molecule has 1 aliphatic heterocycles. The van der Waals surface area contributed by atoms with Crippen LogP contribution in [0.4, 0.5) is 8.78 Å². The molecule has 2 N–H and O–H groups in total. The molecule has 148 valence electrons. The van der Waals surface area contributed by atoms with E-state index >= 15 is 0 Å². The van der Waals surface area contributed by atoms with Gasteiger partial charge in [-0.1, -0.05) is 0 Å². The average Bonchev–Trinajstić information content (AvgIpc) is 2.59. The number of likely N-dealkylation sites (tertiary alicyclic amines) is 1. The van der Waals surface area contributed by atoms with E-state index in [0.29, 0.717) is 38.4 Å². The number of nitrogens with zero attached hydrogens (tertiary/aromatic N) is 1. The molecule has 0 unspecified atom stereocenters. The summed E-state index contributed by atoms with van der Waals surface area (Å²) in [6.07, 6.45) is 1.13. The molecule has 0 saturated carbocycles. The molecule has 0 aromatic heterocycles. The summed E-state index contributed by atoms with van der Waals surface area (Å²) in [4.78, 5) is 37.0. The van der Waals surface area contributed by atoms with Gasteiger partial charge < -0.3 is 15.3 Å². The van der Waals surface area contributed by atoms with E-state index in [0.717, 1.165) is 12.1 Å². The molecule has 1 saturated heterocycles. The van der Waals surface area contributed by atoms with Gasteiger partial charge in [-0.2, -0.15) is 0 Å². The van der Waals surface area contributed by atoms with Gasteiger partial charge in [0.25, 0.3) is 5.91 Å². The van der Waals surface area contributed by atoms with Crippen LogP contribution >= 0.6 is 0 Å². The van der Waals surface area contributed by atoms with Crippen molar-refractivity contribution in [2.24, 2.45) is 5.92 Å². The molecule has 8 heteroatoms. The normalized spacial score (nSPS) is 15.5. The number of aliphatic carboxylic acids is 1. The third-order valence-electron chi connectivity index (χ3n) is 4.74. The predicted octanol–water partition coefficient (Wildman–Crippen LogP) is 2.58. The van der Waals surface area contributed by atoms with Crippen molar-refractivity contribution in [3.05, 3.63) is 35.4 Å². The van der Waals surface area contributed by atoms with E-state index in [4.69, 9.17) is 5.11 Å². The van der Waals surface area contributed by atoms with Crippen molar-refractivity contribution < 1.29 is 28.3 Å². The molecule has 0 aliphatic carbocycles. The minimum atomic E-state index is -0.919. The van der Waals surface area contributed by atoms with Gasteiger partial charge in [0.05, 0.1) is 5.56 Å². The average molecular weight is 382 g/mol. The van der Waals surface area contributed by atoms with E-state index in [1.54, 1.807) is 13.8 Å². The lowest BCUT2D eigenvalue weighted by Crippen LogP contribution is -2.49. The molecule has 0 spiro atoms. The maximum atomic E-state index is 13.8. The molecule has 2 rings (SSSR count). The van der Waals surface area contributed by atoms with Crippen molar-refractivity contribution in [2.45, 2.75) is 45.1 Å². The van der Waals surface area contributed by atoms with Crippen LogP contribution in [0.5, 0.6) is 0 Å². The predicted molar refractivity (Wildman–Crippen MR) is 94.1 cm³/mol. The molecule has 6 nitrogen and oxygen atoms in total. The number of amides is 2. The van der Waals surface area contributed by atoms with Crippen LogP contribution in [0.15, 0.2) is 18.2 Å². The summed E-state index contributed by atoms with van der Waals surface area (Å²) in [6, 6.07) is 2.83. The topological polar surface area (TPSA) is 86.7 Å². The first-order chi connectivity index (χ1) is 12.6. The van der Waals surface area contributed by atoms with Crippen LogP contribution in [0, 0.1) is 17.6 Å². The van der Waals surface area contributed by atoms with Gasteiger partial charge in [-0.25, -0.2) is 8.78 Å². The van der Waals surface area contributed by atoms with E-state index in [2.05, 4.69) is 5.32 Å². The first-order valence-corrected chi connectivity index (χ1v) is 8.87. The van der Waals surface area contributed by atoms with Gasteiger partial charge >= 0.3 is 5.97 Å². The molecule has 0 atom stereocenters. The maximum Gasteiger partial charge on any atom is 0.303 e. The largest absolute Gasteiger partial charge is 0.481 e. The lowest BCUT2D eigenvalue weighted by molar-refractivity contribution is -0.138. The molecule has 1 heterocycles. The molecule has 0 bridgehead atoms. The van der Waals surface area contributed by atoms with Crippen LogP contribution in [0.2, 0.25) is 0 Å². The highest BCUT2D eigenvalue weighted by Gasteiger charge is 2.31. The van der Waals surface area contributed by atoms with Gasteiger partial charge in [-0.15, -0.1) is 0 Å². The SMILES string of the molecule is CC(C)(CCC(=O)O)NC(=O)C1CCN(C(=O)c2ccc(F)cc2F)CC1. The van der Waals surface area contributed by atoms with E-state index in [9.17, 15) is 23.2 Å². The molecule has 1 aromatic carbocycles. The van der Waals surface area contributed by atoms with Crippen LogP contribution in [0.25, 0.3) is 0 Å². The van der Waals surface area contributed by atoms with E-state index < -0.39 is 29.0 Å². The van der Waals surface area contributed by atoms with Crippen LogP contribution in [0.3, 0.4) is 0 Å². The Morgan fingerprint density at radius 3 is 2.41 bits per heavy atom. The summed E-state index contributed by atoms with van der Waals surface area (Å²) in [5, 5.41) is 11.6. The molecule has 1 fully saturated rings. The number of carboxylic acids is 1. The molecular weight excluding hydrogens is 358 g/mol. The lowest BCUT2D eigenvalue weighted by atomic mass is 9.92. The van der Waals surface area contributed by atoms with Gasteiger partial charge in [0.15, 0.2) is 0 Å². The second-order valence-corrected chi connectivity index (χ2v) is 7.46. The number of benzene rings is 1. The smallest absolute Gasteiger partial charge is 0.303 e. The quantitative estimate of drug-likeness (QED) is 0.792. The molecule has 1 aliphatic rings. The van der Waals surface area contributed by atoms with E-state index in [-0.39, 0.29) is 23.8 Å². The highest BCUT2D eigenvalue weighted by molar-refractivity contribution is 5.94. The number of carbonyl (C=O) groups excluding carboxylic acids is 2. The summed E-state index contributed by atoms with van der Waals surface area (Å²) in [5.41, 5.74) is -0.825. The van der Waals surface area contributed by atoms with Gasteiger partial charge in [0.1, 0.15) is 11.6 Å². The van der Waals surface area contributed by atoms with Crippen molar-refractivity contribution in [3.8, 4) is 0 Å². The summed E-state index contributed by atoms with van der Waals surface area (Å²) in [7, 11) is 0. The van der Waals surface area contributed by atoms with Gasteiger partial charge in [-0.05, 0) is 45.2 Å². The lowest BCUT2D eigenvalue weighted by Gasteiger charge is -2.34. The van der Waals surface area contributed by atoms with Gasteiger partial charge in [-0.3, -0.25) is 14.4 Å². The molecule has 1 aromatic rings. The Balaban J connectivity index is 1.89. The fourth-order valence-corrected chi connectivity index (χ4v) is 3.10. The van der Waals surface area contributed by atoms with E-state index in [1.807, 2.05) is 0 Å². The Bertz CT molecular complexity index is 728. The van der Waals surface area contributed by atoms with Crippen molar-refractivity contribution in [2.75, 3.05) is 13.1 Å². The fourth-order valence-electron chi connectivity index (χ4n) is 3.10. The third-order valence-corrected chi connectivity index (χ3v) is 4.74. The molecule has 0 radical (unpaired) electrons. The first kappa shape index (κ1) is 20.8. The molecule has 27 heavy (non-hydrogen) atoms. The van der Waals surface area contributed by atoms with Crippen LogP contribution < -0.4 is 5.32 Å². The zero-order valence-electron chi connectivity index (χ0n) is 15.4. The van der Waals surface area contributed by atoms with Crippen LogP contribution in [0.1, 0.15) is 49.9 Å². The number of halogens is 2. The Hall–Kier alpha value is -2.51.